The Morgan fingerprint density at radius 1 is 1.33 bits per heavy atom. The van der Waals surface area contributed by atoms with Gasteiger partial charge in [-0.25, -0.2) is 0 Å². The van der Waals surface area contributed by atoms with E-state index in [4.69, 9.17) is 0 Å². The number of halogens is 3. The fourth-order valence-corrected chi connectivity index (χ4v) is 9.29. The molecule has 4 rings (SSSR count). The Hall–Kier alpha value is 0.0600. The first-order chi connectivity index (χ1) is 9.80. The molecule has 3 saturated carbocycles. The average Bonchev–Trinajstić information content (AvgIpc) is 2.89. The molecule has 1 amide bonds. The Labute approximate surface area is 150 Å². The molecule has 6 heteroatoms. The Morgan fingerprint density at radius 2 is 1.95 bits per heavy atom. The van der Waals surface area contributed by atoms with Crippen LogP contribution in [0.4, 0.5) is 5.69 Å². The Morgan fingerprint density at radius 3 is 2.43 bits per heavy atom. The Bertz CT molecular complexity index is 578. The summed E-state index contributed by atoms with van der Waals surface area (Å²) in [6.45, 7) is 4.42. The minimum absolute atomic E-state index is 0.0581. The lowest BCUT2D eigenvalue weighted by Gasteiger charge is -2.66. The van der Waals surface area contributed by atoms with Crippen molar-refractivity contribution in [3.8, 4) is 0 Å². The summed E-state index contributed by atoms with van der Waals surface area (Å²) in [5.41, 5.74) is 0.417. The molecule has 1 heterocycles. The van der Waals surface area contributed by atoms with Crippen molar-refractivity contribution in [3.05, 3.63) is 24.5 Å². The van der Waals surface area contributed by atoms with Gasteiger partial charge in [0.15, 0.2) is 0 Å². The minimum atomic E-state index is -0.365. The van der Waals surface area contributed by atoms with Gasteiger partial charge in [0, 0.05) is 28.3 Å². The predicted molar refractivity (Wildman–Crippen MR) is 95.1 cm³/mol. The molecule has 21 heavy (non-hydrogen) atoms. The van der Waals surface area contributed by atoms with Gasteiger partial charge < -0.3 is 5.32 Å². The number of nitrogens with one attached hydrogen (secondary N) is 1. The third kappa shape index (κ3) is 1.75. The maximum Gasteiger partial charge on any atom is 0.232 e. The van der Waals surface area contributed by atoms with E-state index < -0.39 is 0 Å². The molecule has 0 aliphatic heterocycles. The summed E-state index contributed by atoms with van der Waals surface area (Å²) in [4.78, 5) is 17.1. The van der Waals surface area contributed by atoms with Gasteiger partial charge in [-0.2, -0.15) is 0 Å². The van der Waals surface area contributed by atoms with Crippen molar-refractivity contribution in [3.63, 3.8) is 0 Å². The molecule has 1 N–H and O–H groups in total. The topological polar surface area (TPSA) is 42.0 Å². The molecule has 1 aromatic heterocycles. The molecule has 3 aliphatic rings. The van der Waals surface area contributed by atoms with Crippen LogP contribution in [0.1, 0.15) is 26.7 Å². The van der Waals surface area contributed by atoms with Crippen LogP contribution < -0.4 is 5.32 Å². The quantitative estimate of drug-likeness (QED) is 0.637. The number of hydrogen-bond donors (Lipinski definition) is 1. The molecule has 3 aliphatic carbocycles. The highest BCUT2D eigenvalue weighted by Crippen LogP contribution is 2.82. The second-order valence-electron chi connectivity index (χ2n) is 6.49. The van der Waals surface area contributed by atoms with Gasteiger partial charge in [-0.1, -0.05) is 61.6 Å². The van der Waals surface area contributed by atoms with Crippen LogP contribution in [0.15, 0.2) is 24.5 Å². The summed E-state index contributed by atoms with van der Waals surface area (Å²) in [6, 6.07) is 3.65. The monoisotopic (exact) mass is 478 g/mol. The van der Waals surface area contributed by atoms with Crippen molar-refractivity contribution < 1.29 is 4.79 Å². The number of amides is 1. The number of carbonyl (C=O) groups is 1. The number of rotatable bonds is 3. The summed E-state index contributed by atoms with van der Waals surface area (Å²) in [6.07, 6.45) is 5.31. The lowest BCUT2D eigenvalue weighted by molar-refractivity contribution is -0.155. The normalized spacial score (nSPS) is 36.4. The van der Waals surface area contributed by atoms with Crippen LogP contribution in [-0.2, 0) is 4.79 Å². The molecule has 3 nitrogen and oxygen atoms in total. The van der Waals surface area contributed by atoms with Crippen LogP contribution >= 0.6 is 47.8 Å². The van der Waals surface area contributed by atoms with Crippen molar-refractivity contribution in [2.45, 2.75) is 35.3 Å². The summed E-state index contributed by atoms with van der Waals surface area (Å²) < 4.78 is 0.196. The smallest absolute Gasteiger partial charge is 0.232 e. The van der Waals surface area contributed by atoms with E-state index in [2.05, 4.69) is 71.9 Å². The predicted octanol–water partition coefficient (Wildman–Crippen LogP) is 4.71. The van der Waals surface area contributed by atoms with Gasteiger partial charge >= 0.3 is 0 Å². The van der Waals surface area contributed by atoms with E-state index in [0.717, 1.165) is 18.5 Å². The first-order valence-corrected chi connectivity index (χ1v) is 9.69. The zero-order valence-corrected chi connectivity index (χ0v) is 16.6. The van der Waals surface area contributed by atoms with E-state index in [-0.39, 0.29) is 30.7 Å². The number of hydrogen-bond acceptors (Lipinski definition) is 2. The van der Waals surface area contributed by atoms with Crippen LogP contribution in [0.25, 0.3) is 0 Å². The number of aromatic nitrogens is 1. The number of anilines is 1. The van der Waals surface area contributed by atoms with E-state index in [1.165, 1.54) is 0 Å². The molecule has 3 atom stereocenters. The fourth-order valence-electron chi connectivity index (χ4n) is 4.38. The van der Waals surface area contributed by atoms with Crippen molar-refractivity contribution in [1.29, 1.82) is 0 Å². The van der Waals surface area contributed by atoms with Gasteiger partial charge in [-0.15, -0.1) is 0 Å². The number of pyridine rings is 1. The largest absolute Gasteiger partial charge is 0.325 e. The number of nitrogens with zero attached hydrogens (tertiary/aromatic N) is 1. The molecular formula is C15H17Br3N2O. The average molecular weight is 481 g/mol. The van der Waals surface area contributed by atoms with Gasteiger partial charge in [0.2, 0.25) is 5.91 Å². The van der Waals surface area contributed by atoms with Crippen LogP contribution in [0.2, 0.25) is 0 Å². The molecule has 114 valence electrons. The molecule has 0 unspecified atom stereocenters. The third-order valence-corrected chi connectivity index (χ3v) is 9.06. The van der Waals surface area contributed by atoms with Crippen molar-refractivity contribution in [2.24, 2.45) is 16.2 Å². The molecule has 0 saturated heterocycles. The molecule has 3 fully saturated rings. The van der Waals surface area contributed by atoms with Crippen LogP contribution in [0.5, 0.6) is 0 Å². The second kappa shape index (κ2) is 5.03. The van der Waals surface area contributed by atoms with Crippen LogP contribution in [-0.4, -0.2) is 19.5 Å². The van der Waals surface area contributed by atoms with Gasteiger partial charge in [0.1, 0.15) is 0 Å². The minimum Gasteiger partial charge on any atom is -0.325 e. The summed E-state index contributed by atoms with van der Waals surface area (Å²) in [7, 11) is 0. The first kappa shape index (κ1) is 15.9. The van der Waals surface area contributed by atoms with E-state index in [1.54, 1.807) is 12.4 Å². The highest BCUT2D eigenvalue weighted by atomic mass is 79.9. The molecular weight excluding hydrogens is 464 g/mol. The van der Waals surface area contributed by atoms with Crippen molar-refractivity contribution >= 4 is 59.4 Å². The molecule has 0 aromatic carbocycles. The van der Waals surface area contributed by atoms with E-state index in [9.17, 15) is 4.79 Å². The Kier molecular flexibility index (Phi) is 3.82. The highest BCUT2D eigenvalue weighted by Gasteiger charge is 2.83. The van der Waals surface area contributed by atoms with Crippen LogP contribution in [0.3, 0.4) is 0 Å². The first-order valence-electron chi connectivity index (χ1n) is 6.94. The maximum atomic E-state index is 13.0. The Balaban J connectivity index is 1.91. The summed E-state index contributed by atoms with van der Waals surface area (Å²) >= 11 is 11.2. The number of carbonyl (C=O) groups excluding carboxylic acids is 1. The SMILES string of the molecule is CC1(C)[C@@]2(C(=O)Nc3ccncc3)CC[C@@]1(C(Br)Br)[C@@H]2Br. The third-order valence-electron chi connectivity index (χ3n) is 5.83. The van der Waals surface area contributed by atoms with E-state index in [1.807, 2.05) is 12.1 Å². The van der Waals surface area contributed by atoms with E-state index >= 15 is 0 Å². The number of fused-ring (bicyclic) bond motifs is 1. The molecule has 0 spiro atoms. The molecule has 1 aromatic rings. The summed E-state index contributed by atoms with van der Waals surface area (Å²) in [5.74, 6) is 0.106. The molecule has 0 radical (unpaired) electrons. The zero-order valence-electron chi connectivity index (χ0n) is 11.9. The standard InChI is InChI=1S/C15H17Br3N2O/c1-13(2)14(11(17)18)5-6-15(13,10(14)16)12(21)20-9-3-7-19-8-4-9/h3-4,7-8,10-11H,5-6H2,1-2H3,(H,19,20,21)/t10-,14-,15-/m0/s1. The zero-order chi connectivity index (χ0) is 15.5. The van der Waals surface area contributed by atoms with Crippen molar-refractivity contribution in [2.75, 3.05) is 5.32 Å². The lowest BCUT2D eigenvalue weighted by atomic mass is 9.43. The number of alkyl halides is 3. The van der Waals surface area contributed by atoms with Gasteiger partial charge in [-0.3, -0.25) is 9.78 Å². The highest BCUT2D eigenvalue weighted by molar-refractivity contribution is 9.24. The van der Waals surface area contributed by atoms with E-state index in [0.29, 0.717) is 0 Å². The van der Waals surface area contributed by atoms with Gasteiger partial charge in [0.05, 0.1) is 9.15 Å². The van der Waals surface area contributed by atoms with Gasteiger partial charge in [-0.05, 0) is 30.4 Å². The van der Waals surface area contributed by atoms with Gasteiger partial charge in [0.25, 0.3) is 0 Å². The fraction of sp³-hybridized carbons (Fsp3) is 0.600. The maximum absolute atomic E-state index is 13.0. The van der Waals surface area contributed by atoms with Crippen molar-refractivity contribution in [1.82, 2.24) is 4.98 Å². The lowest BCUT2D eigenvalue weighted by Crippen LogP contribution is -2.71. The molecule has 2 bridgehead atoms. The van der Waals surface area contributed by atoms with Crippen LogP contribution in [0, 0.1) is 16.2 Å². The second-order valence-corrected chi connectivity index (χ2v) is 10.5. The summed E-state index contributed by atoms with van der Waals surface area (Å²) in [5, 5.41) is 3.06.